The van der Waals surface area contributed by atoms with Crippen molar-refractivity contribution in [2.45, 2.75) is 0 Å². The largest absolute Gasteiger partial charge is 0.546 e. The first kappa shape index (κ1) is 7.39. The number of ether oxygens (including phenoxy) is 1. The molecule has 1 rings (SSSR count). The molecule has 8 heavy (non-hydrogen) atoms. The molecule has 2 N–H and O–H groups in total. The van der Waals surface area contributed by atoms with Crippen molar-refractivity contribution in [3.8, 4) is 0 Å². The quantitative estimate of drug-likeness (QED) is 0.390. The Bertz CT molecular complexity index is 102. The molecule has 0 spiro atoms. The first-order valence-electron chi connectivity index (χ1n) is 1.81. The second-order valence-corrected chi connectivity index (χ2v) is 1.20. The van der Waals surface area contributed by atoms with E-state index in [2.05, 4.69) is 4.74 Å². The number of aliphatic hydroxyl groups excluding tert-OH is 1. The highest BCUT2D eigenvalue weighted by Crippen LogP contribution is 1.94. The fourth-order valence-electron chi connectivity index (χ4n) is 0.317. The summed E-state index contributed by atoms with van der Waals surface area (Å²) in [4.78, 5) is 0. The van der Waals surface area contributed by atoms with E-state index in [9.17, 15) is 0 Å². The van der Waals surface area contributed by atoms with Crippen molar-refractivity contribution in [1.82, 2.24) is 0 Å². The summed E-state index contributed by atoms with van der Waals surface area (Å²) in [5.41, 5.74) is 0. The lowest BCUT2D eigenvalue weighted by Gasteiger charge is -2.00. The van der Waals surface area contributed by atoms with Gasteiger partial charge in [0.05, 0.1) is 6.61 Å². The number of hydrogen-bond donors (Lipinski definition) is 1. The van der Waals surface area contributed by atoms with E-state index in [1.165, 1.54) is 0 Å². The molecule has 0 radical (unpaired) electrons. The predicted octanol–water partition coefficient (Wildman–Crippen LogP) is 0.494. The fourth-order valence-corrected chi connectivity index (χ4v) is 0.317. The monoisotopic (exact) mass is 137 g/mol. The number of nitrogens with one attached hydrogen (secondary N) is 1. The molecule has 48 valence electrons. The van der Waals surface area contributed by atoms with Crippen molar-refractivity contribution >= 4 is 18.3 Å². The average Bonchev–Trinajstić information content (AvgIpc) is 1.91. The molecule has 4 nitrogen and oxygen atoms in total. The van der Waals surface area contributed by atoms with Gasteiger partial charge in [0.2, 0.25) is 5.90 Å². The van der Waals surface area contributed by atoms with Gasteiger partial charge in [-0.1, -0.05) is 0 Å². The molecule has 0 amide bonds. The van der Waals surface area contributed by atoms with Crippen LogP contribution in [0.4, 0.5) is 0 Å². The van der Waals surface area contributed by atoms with Crippen LogP contribution in [-0.4, -0.2) is 22.3 Å². The van der Waals surface area contributed by atoms with Crippen LogP contribution < -0.4 is 0 Å². The first-order chi connectivity index (χ1) is 3.30. The number of aliphatic hydroxyl groups is 1. The Labute approximate surface area is 52.9 Å². The number of halogens is 1. The van der Waals surface area contributed by atoms with Crippen molar-refractivity contribution in [2.75, 3.05) is 6.61 Å². The topological polar surface area (TPSA) is 56.3 Å². The van der Waals surface area contributed by atoms with Crippen LogP contribution in [0, 0.1) is 6.73 Å². The maximum atomic E-state index is 8.50. The summed E-state index contributed by atoms with van der Waals surface area (Å²) in [6, 6.07) is 0. The van der Waals surface area contributed by atoms with E-state index < -0.39 is 0 Å². The molecule has 0 saturated carbocycles. The molecular weight excluding hydrogens is 131 g/mol. The van der Waals surface area contributed by atoms with E-state index in [1.807, 2.05) is 0 Å². The Balaban J connectivity index is 0.000000490. The summed E-state index contributed by atoms with van der Waals surface area (Å²) < 4.78 is 5.27. The fraction of sp³-hybridized carbons (Fsp3) is 0.333. The molecule has 0 atom stereocenters. The van der Waals surface area contributed by atoms with Gasteiger partial charge in [-0.2, -0.15) is 0 Å². The molecule has 5 heteroatoms. The lowest BCUT2D eigenvalue weighted by Crippen LogP contribution is -2.04. The van der Waals surface area contributed by atoms with E-state index >= 15 is 0 Å². The summed E-state index contributed by atoms with van der Waals surface area (Å²) in [5, 5.41) is 8.50. The van der Waals surface area contributed by atoms with E-state index in [0.29, 0.717) is 0 Å². The van der Waals surface area contributed by atoms with Crippen molar-refractivity contribution in [1.29, 1.82) is 0 Å². The Morgan fingerprint density at radius 2 is 2.50 bits per heavy atom. The Kier molecular flexibility index (Phi) is 2.44. The predicted molar refractivity (Wildman–Crippen MR) is 29.7 cm³/mol. The maximum absolute atomic E-state index is 8.50. The molecule has 0 unspecified atom stereocenters. The Hall–Kier alpha value is -0.610. The van der Waals surface area contributed by atoms with Gasteiger partial charge in [-0.3, -0.25) is 0 Å². The third-order valence-corrected chi connectivity index (χ3v) is 0.670. The minimum absolute atomic E-state index is 0. The van der Waals surface area contributed by atoms with Gasteiger partial charge in [-0.15, -0.1) is 12.4 Å². The normalized spacial score (nSPS) is 17.5. The molecule has 0 saturated heterocycles. The van der Waals surface area contributed by atoms with Crippen molar-refractivity contribution in [3.05, 3.63) is 12.6 Å². The van der Waals surface area contributed by atoms with Crippen LogP contribution in [0.1, 0.15) is 0 Å². The van der Waals surface area contributed by atoms with Crippen LogP contribution >= 0.6 is 12.4 Å². The number of nitrogens with zero attached hydrogens (tertiary/aromatic N) is 1. The zero-order valence-electron chi connectivity index (χ0n) is 4.00. The van der Waals surface area contributed by atoms with Gasteiger partial charge in [-0.25, -0.2) is 0 Å². The van der Waals surface area contributed by atoms with Crippen LogP contribution in [0.5, 0.6) is 0 Å². The minimum Gasteiger partial charge on any atom is -0.546 e. The molecular formula is C3H6ClN2O2-. The molecule has 1 heterocycles. The summed E-state index contributed by atoms with van der Waals surface area (Å²) >= 11 is 0. The van der Waals surface area contributed by atoms with Gasteiger partial charge in [-0.05, 0) is 0 Å². The van der Waals surface area contributed by atoms with Gasteiger partial charge in [0, 0.05) is 0 Å². The van der Waals surface area contributed by atoms with Gasteiger partial charge >= 0.3 is 0 Å². The molecule has 0 aromatic rings. The van der Waals surface area contributed by atoms with Crippen LogP contribution in [-0.2, 0) is 4.74 Å². The third kappa shape index (κ3) is 1.18. The van der Waals surface area contributed by atoms with E-state index in [0.717, 1.165) is 11.4 Å². The molecule has 0 aliphatic carbocycles. The van der Waals surface area contributed by atoms with Crippen molar-refractivity contribution in [3.63, 3.8) is 0 Å². The standard InChI is InChI=1S/C3H5N2O2.ClH/c4-5-2-7-1-3(5)6;/h2,4,6H,1H2;1H/q-1;. The molecule has 0 aromatic carbocycles. The molecule has 0 aromatic heterocycles. The zero-order chi connectivity index (χ0) is 5.28. The number of rotatable bonds is 0. The highest BCUT2D eigenvalue weighted by Gasteiger charge is 2.01. The van der Waals surface area contributed by atoms with Gasteiger partial charge in [0.1, 0.15) is 6.73 Å². The summed E-state index contributed by atoms with van der Waals surface area (Å²) in [7, 11) is 0. The highest BCUT2D eigenvalue weighted by atomic mass is 35.5. The summed E-state index contributed by atoms with van der Waals surface area (Å²) in [6.45, 7) is 1.26. The molecule has 0 fully saturated rings. The Morgan fingerprint density at radius 1 is 1.88 bits per heavy atom. The molecule has 1 aliphatic heterocycles. The van der Waals surface area contributed by atoms with Crippen LogP contribution in [0.3, 0.4) is 0 Å². The second-order valence-electron chi connectivity index (χ2n) is 1.20. The zero-order valence-corrected chi connectivity index (χ0v) is 4.81. The summed E-state index contributed by atoms with van der Waals surface area (Å²) in [5.74, 6) is 6.63. The lowest BCUT2D eigenvalue weighted by molar-refractivity contribution is -0.441. The maximum Gasteiger partial charge on any atom is 0.211 e. The third-order valence-electron chi connectivity index (χ3n) is 0.670. The molecule has 0 bridgehead atoms. The van der Waals surface area contributed by atoms with Gasteiger partial charge < -0.3 is 20.4 Å². The summed E-state index contributed by atoms with van der Waals surface area (Å²) in [6.07, 6.45) is 0. The van der Waals surface area contributed by atoms with E-state index in [-0.39, 0.29) is 24.9 Å². The minimum atomic E-state index is -0.0694. The molecule has 1 aliphatic rings. The highest BCUT2D eigenvalue weighted by molar-refractivity contribution is 5.85. The lowest BCUT2D eigenvalue weighted by atomic mass is 10.7. The first-order valence-corrected chi connectivity index (χ1v) is 1.81. The van der Waals surface area contributed by atoms with Crippen molar-refractivity contribution in [2.24, 2.45) is 0 Å². The Morgan fingerprint density at radius 3 is 2.62 bits per heavy atom. The van der Waals surface area contributed by atoms with Crippen LogP contribution in [0.2, 0.25) is 0 Å². The SMILES string of the molecule is Cl.[NH-][N+]1=C(O)CO[CH-]1. The smallest absolute Gasteiger partial charge is 0.211 e. The van der Waals surface area contributed by atoms with Crippen LogP contribution in [0.15, 0.2) is 0 Å². The number of hydrogen-bond acceptors (Lipinski definition) is 1. The average molecular weight is 138 g/mol. The van der Waals surface area contributed by atoms with Gasteiger partial charge in [0.25, 0.3) is 0 Å². The van der Waals surface area contributed by atoms with E-state index in [4.69, 9.17) is 10.9 Å². The van der Waals surface area contributed by atoms with E-state index in [1.54, 1.807) is 0 Å². The second kappa shape index (κ2) is 2.64. The van der Waals surface area contributed by atoms with Crippen LogP contribution in [0.25, 0.3) is 5.84 Å². The van der Waals surface area contributed by atoms with Crippen molar-refractivity contribution < 1.29 is 14.5 Å². The van der Waals surface area contributed by atoms with Gasteiger partial charge in [0.15, 0.2) is 0 Å².